The molecule has 0 atom stereocenters. The van der Waals surface area contributed by atoms with E-state index in [2.05, 4.69) is 11.9 Å². The Morgan fingerprint density at radius 3 is 3.06 bits per heavy atom. The van der Waals surface area contributed by atoms with E-state index in [4.69, 9.17) is 4.42 Å². The first-order chi connectivity index (χ1) is 8.11. The van der Waals surface area contributed by atoms with E-state index in [9.17, 15) is 9.59 Å². The smallest absolute Gasteiger partial charge is 0.408 e. The van der Waals surface area contributed by atoms with Crippen LogP contribution in [0.1, 0.15) is 5.56 Å². The van der Waals surface area contributed by atoms with Crippen LogP contribution in [0.3, 0.4) is 0 Å². The Bertz CT molecular complexity index is 637. The number of aryl methyl sites for hydroxylation is 1. The highest BCUT2D eigenvalue weighted by molar-refractivity contribution is 5.86. The second-order valence-corrected chi connectivity index (χ2v) is 3.65. The van der Waals surface area contributed by atoms with E-state index < -0.39 is 5.76 Å². The Labute approximate surface area is 97.3 Å². The fourth-order valence-corrected chi connectivity index (χ4v) is 1.54. The van der Waals surface area contributed by atoms with Crippen molar-refractivity contribution in [3.63, 3.8) is 0 Å². The molecule has 5 heteroatoms. The Morgan fingerprint density at radius 1 is 1.59 bits per heavy atom. The minimum absolute atomic E-state index is 0.230. The molecule has 2 rings (SSSR count). The summed E-state index contributed by atoms with van der Waals surface area (Å²) in [5.41, 5.74) is 2.14. The Hall–Kier alpha value is -2.30. The molecule has 0 saturated carbocycles. The molecule has 17 heavy (non-hydrogen) atoms. The summed E-state index contributed by atoms with van der Waals surface area (Å²) in [6.07, 6.45) is 1.21. The number of aromatic nitrogens is 1. The molecule has 2 aromatic rings. The van der Waals surface area contributed by atoms with Gasteiger partial charge in [-0.3, -0.25) is 9.36 Å². The Kier molecular flexibility index (Phi) is 2.82. The first-order valence-corrected chi connectivity index (χ1v) is 5.10. The second-order valence-electron chi connectivity index (χ2n) is 3.65. The van der Waals surface area contributed by atoms with Crippen LogP contribution in [0.2, 0.25) is 0 Å². The normalized spacial score (nSPS) is 10.4. The maximum atomic E-state index is 11.3. The van der Waals surface area contributed by atoms with E-state index in [1.165, 1.54) is 10.6 Å². The van der Waals surface area contributed by atoms with Crippen molar-refractivity contribution in [2.24, 2.45) is 7.05 Å². The lowest BCUT2D eigenvalue weighted by Crippen LogP contribution is -2.19. The third-order valence-electron chi connectivity index (χ3n) is 2.51. The van der Waals surface area contributed by atoms with Crippen molar-refractivity contribution in [2.75, 3.05) is 0 Å². The van der Waals surface area contributed by atoms with Crippen LogP contribution in [-0.2, 0) is 18.4 Å². The molecule has 0 aliphatic heterocycles. The Morgan fingerprint density at radius 2 is 2.35 bits per heavy atom. The lowest BCUT2D eigenvalue weighted by Gasteiger charge is -2.02. The van der Waals surface area contributed by atoms with Gasteiger partial charge in [-0.05, 0) is 23.8 Å². The van der Waals surface area contributed by atoms with Gasteiger partial charge in [0.1, 0.15) is 0 Å². The molecule has 0 aliphatic carbocycles. The first kappa shape index (κ1) is 11.2. The fraction of sp³-hybridized carbons (Fsp3) is 0.167. The molecule has 1 aromatic carbocycles. The third-order valence-corrected chi connectivity index (χ3v) is 2.51. The van der Waals surface area contributed by atoms with Crippen LogP contribution in [-0.4, -0.2) is 10.5 Å². The first-order valence-electron chi connectivity index (χ1n) is 5.10. The van der Waals surface area contributed by atoms with Crippen molar-refractivity contribution in [2.45, 2.75) is 6.54 Å². The van der Waals surface area contributed by atoms with Crippen molar-refractivity contribution in [1.82, 2.24) is 9.88 Å². The van der Waals surface area contributed by atoms with Crippen LogP contribution in [0.25, 0.3) is 11.1 Å². The number of hydrogen-bond donors (Lipinski definition) is 1. The van der Waals surface area contributed by atoms with Crippen molar-refractivity contribution >= 4 is 17.0 Å². The monoisotopic (exact) mass is 232 g/mol. The molecule has 5 nitrogen and oxygen atoms in total. The van der Waals surface area contributed by atoms with Gasteiger partial charge in [0.2, 0.25) is 5.91 Å². The molecule has 88 valence electrons. The number of oxazole rings is 1. The standard InChI is InChI=1S/C12H12N2O3/c1-3-11(15)13-7-8-4-5-10-9(6-8)14(2)12(16)17-10/h3-6H,1,7H2,2H3,(H,13,15). The van der Waals surface area contributed by atoms with Crippen LogP contribution in [0.4, 0.5) is 0 Å². The van der Waals surface area contributed by atoms with Gasteiger partial charge < -0.3 is 9.73 Å². The average Bonchev–Trinajstić information content (AvgIpc) is 2.62. The highest BCUT2D eigenvalue weighted by Gasteiger charge is 2.06. The number of rotatable bonds is 3. The summed E-state index contributed by atoms with van der Waals surface area (Å²) >= 11 is 0. The minimum atomic E-state index is -0.396. The molecule has 0 saturated heterocycles. The molecule has 0 spiro atoms. The van der Waals surface area contributed by atoms with Crippen LogP contribution >= 0.6 is 0 Å². The minimum Gasteiger partial charge on any atom is -0.408 e. The predicted octanol–water partition coefficient (Wildman–Crippen LogP) is 0.934. The molecule has 0 unspecified atom stereocenters. The van der Waals surface area contributed by atoms with Crippen LogP contribution in [0.15, 0.2) is 40.1 Å². The number of hydrogen-bond acceptors (Lipinski definition) is 3. The van der Waals surface area contributed by atoms with E-state index in [0.717, 1.165) is 5.56 Å². The molecule has 0 bridgehead atoms. The molecule has 1 aromatic heterocycles. The van der Waals surface area contributed by atoms with Gasteiger partial charge in [0.25, 0.3) is 0 Å². The van der Waals surface area contributed by atoms with Gasteiger partial charge in [0.15, 0.2) is 5.58 Å². The van der Waals surface area contributed by atoms with E-state index in [1.807, 2.05) is 6.07 Å². The maximum Gasteiger partial charge on any atom is 0.419 e. The molecule has 0 aliphatic rings. The van der Waals surface area contributed by atoms with Gasteiger partial charge in [-0.15, -0.1) is 0 Å². The molecule has 0 radical (unpaired) electrons. The SMILES string of the molecule is C=CC(=O)NCc1ccc2oc(=O)n(C)c2c1. The summed E-state index contributed by atoms with van der Waals surface area (Å²) < 4.78 is 6.43. The average molecular weight is 232 g/mol. The fourth-order valence-electron chi connectivity index (χ4n) is 1.54. The van der Waals surface area contributed by atoms with Crippen molar-refractivity contribution in [1.29, 1.82) is 0 Å². The molecule has 1 N–H and O–H groups in total. The summed E-state index contributed by atoms with van der Waals surface area (Å²) in [6, 6.07) is 5.32. The van der Waals surface area contributed by atoms with E-state index >= 15 is 0 Å². The molecule has 0 fully saturated rings. The molecule has 1 amide bonds. The third kappa shape index (κ3) is 2.13. The van der Waals surface area contributed by atoms with Gasteiger partial charge in [-0.2, -0.15) is 0 Å². The topological polar surface area (TPSA) is 64.2 Å². The zero-order valence-corrected chi connectivity index (χ0v) is 9.40. The van der Waals surface area contributed by atoms with E-state index in [1.54, 1.807) is 19.2 Å². The zero-order valence-electron chi connectivity index (χ0n) is 9.40. The van der Waals surface area contributed by atoms with Gasteiger partial charge in [-0.25, -0.2) is 4.79 Å². The zero-order chi connectivity index (χ0) is 12.4. The molecule has 1 heterocycles. The van der Waals surface area contributed by atoms with Crippen LogP contribution in [0.5, 0.6) is 0 Å². The van der Waals surface area contributed by atoms with Gasteiger partial charge >= 0.3 is 5.76 Å². The molecular formula is C12H12N2O3. The predicted molar refractivity (Wildman–Crippen MR) is 63.5 cm³/mol. The summed E-state index contributed by atoms with van der Waals surface area (Å²) in [5.74, 6) is -0.626. The number of nitrogens with zero attached hydrogens (tertiary/aromatic N) is 1. The van der Waals surface area contributed by atoms with Crippen molar-refractivity contribution in [3.05, 3.63) is 47.0 Å². The van der Waals surface area contributed by atoms with Gasteiger partial charge in [-0.1, -0.05) is 12.6 Å². The number of carbonyl (C=O) groups excluding carboxylic acids is 1. The lowest BCUT2D eigenvalue weighted by atomic mass is 10.2. The highest BCUT2D eigenvalue weighted by atomic mass is 16.4. The maximum absolute atomic E-state index is 11.3. The highest BCUT2D eigenvalue weighted by Crippen LogP contribution is 2.13. The Balaban J connectivity index is 2.31. The van der Waals surface area contributed by atoms with Gasteiger partial charge in [0.05, 0.1) is 5.52 Å². The second kappa shape index (κ2) is 4.29. The van der Waals surface area contributed by atoms with Crippen molar-refractivity contribution in [3.8, 4) is 0 Å². The number of nitrogens with one attached hydrogen (secondary N) is 1. The summed E-state index contributed by atoms with van der Waals surface area (Å²) in [6.45, 7) is 3.76. The molecular weight excluding hydrogens is 220 g/mol. The van der Waals surface area contributed by atoms with E-state index in [0.29, 0.717) is 17.6 Å². The quantitative estimate of drug-likeness (QED) is 0.801. The number of carbonyl (C=O) groups is 1. The van der Waals surface area contributed by atoms with Crippen LogP contribution < -0.4 is 11.1 Å². The summed E-state index contributed by atoms with van der Waals surface area (Å²) in [4.78, 5) is 22.3. The van der Waals surface area contributed by atoms with E-state index in [-0.39, 0.29) is 5.91 Å². The number of fused-ring (bicyclic) bond motifs is 1. The number of amides is 1. The summed E-state index contributed by atoms with van der Waals surface area (Å²) in [7, 11) is 1.64. The van der Waals surface area contributed by atoms with Crippen LogP contribution in [0, 0.1) is 0 Å². The van der Waals surface area contributed by atoms with Crippen molar-refractivity contribution < 1.29 is 9.21 Å². The summed E-state index contributed by atoms with van der Waals surface area (Å²) in [5, 5.41) is 2.66. The van der Waals surface area contributed by atoms with Gasteiger partial charge in [0, 0.05) is 13.6 Å². The number of benzene rings is 1. The largest absolute Gasteiger partial charge is 0.419 e. The lowest BCUT2D eigenvalue weighted by molar-refractivity contribution is -0.116.